The Labute approximate surface area is 103 Å². The van der Waals surface area contributed by atoms with Crippen molar-refractivity contribution in [2.75, 3.05) is 0 Å². The van der Waals surface area contributed by atoms with Gasteiger partial charge < -0.3 is 5.11 Å². The smallest absolute Gasteiger partial charge is 0.336 e. The fourth-order valence-corrected chi connectivity index (χ4v) is 1.69. The number of carboxylic acids is 1. The first-order chi connectivity index (χ1) is 8.61. The molecule has 0 heterocycles. The van der Waals surface area contributed by atoms with Crippen LogP contribution in [-0.4, -0.2) is 17.4 Å². The highest BCUT2D eigenvalue weighted by atomic mass is 19.1. The van der Waals surface area contributed by atoms with E-state index in [1.165, 1.54) is 12.1 Å². The quantitative estimate of drug-likeness (QED) is 0.844. The second kappa shape index (κ2) is 4.79. The Hall–Kier alpha value is -2.49. The maximum Gasteiger partial charge on any atom is 0.336 e. The number of aldehydes is 1. The number of hydrogen-bond donors (Lipinski definition) is 1. The normalized spacial score (nSPS) is 10.1. The third-order valence-electron chi connectivity index (χ3n) is 2.57. The minimum atomic E-state index is -1.19. The lowest BCUT2D eigenvalue weighted by Gasteiger charge is -2.06. The molecule has 0 bridgehead atoms. The SMILES string of the molecule is O=Cc1ccc(-c2ccc(F)cc2C(=O)O)cc1. The molecule has 1 N–H and O–H groups in total. The number of benzene rings is 2. The van der Waals surface area contributed by atoms with Crippen LogP contribution >= 0.6 is 0 Å². The molecule has 0 saturated heterocycles. The molecule has 0 spiro atoms. The van der Waals surface area contributed by atoms with Gasteiger partial charge in [0.15, 0.2) is 0 Å². The lowest BCUT2D eigenvalue weighted by molar-refractivity contribution is 0.0697. The molecule has 3 nitrogen and oxygen atoms in total. The van der Waals surface area contributed by atoms with Crippen molar-refractivity contribution in [3.05, 3.63) is 59.4 Å². The van der Waals surface area contributed by atoms with Crippen molar-refractivity contribution in [2.45, 2.75) is 0 Å². The zero-order valence-corrected chi connectivity index (χ0v) is 9.26. The minimum absolute atomic E-state index is 0.103. The lowest BCUT2D eigenvalue weighted by atomic mass is 9.99. The first-order valence-electron chi connectivity index (χ1n) is 5.20. The third-order valence-corrected chi connectivity index (χ3v) is 2.57. The van der Waals surface area contributed by atoms with Gasteiger partial charge in [0.1, 0.15) is 12.1 Å². The molecule has 0 aliphatic carbocycles. The van der Waals surface area contributed by atoms with Crippen LogP contribution < -0.4 is 0 Å². The van der Waals surface area contributed by atoms with E-state index in [1.54, 1.807) is 24.3 Å². The van der Waals surface area contributed by atoms with E-state index in [4.69, 9.17) is 5.11 Å². The summed E-state index contributed by atoms with van der Waals surface area (Å²) in [5.41, 5.74) is 1.44. The van der Waals surface area contributed by atoms with Gasteiger partial charge in [0.05, 0.1) is 5.56 Å². The van der Waals surface area contributed by atoms with Gasteiger partial charge in [-0.25, -0.2) is 9.18 Å². The van der Waals surface area contributed by atoms with Crippen LogP contribution in [0.1, 0.15) is 20.7 Å². The van der Waals surface area contributed by atoms with Crippen LogP contribution in [0, 0.1) is 5.82 Å². The van der Waals surface area contributed by atoms with E-state index >= 15 is 0 Å². The summed E-state index contributed by atoms with van der Waals surface area (Å²) in [6, 6.07) is 10.0. The topological polar surface area (TPSA) is 54.4 Å². The van der Waals surface area contributed by atoms with E-state index in [1.807, 2.05) is 0 Å². The molecule has 0 atom stereocenters. The molecule has 2 aromatic rings. The molecular weight excluding hydrogens is 235 g/mol. The number of hydrogen-bond acceptors (Lipinski definition) is 2. The van der Waals surface area contributed by atoms with Crippen molar-refractivity contribution in [1.29, 1.82) is 0 Å². The van der Waals surface area contributed by atoms with Crippen LogP contribution in [0.15, 0.2) is 42.5 Å². The van der Waals surface area contributed by atoms with Gasteiger partial charge in [-0.2, -0.15) is 0 Å². The summed E-state index contributed by atoms with van der Waals surface area (Å²) in [5, 5.41) is 9.03. The van der Waals surface area contributed by atoms with E-state index in [0.29, 0.717) is 23.0 Å². The van der Waals surface area contributed by atoms with Crippen molar-refractivity contribution < 1.29 is 19.1 Å². The molecule has 0 fully saturated rings. The standard InChI is InChI=1S/C14H9FO3/c15-11-5-6-12(13(7-11)14(17)18)10-3-1-9(8-16)2-4-10/h1-8H,(H,17,18). The summed E-state index contributed by atoms with van der Waals surface area (Å²) in [7, 11) is 0. The van der Waals surface area contributed by atoms with Gasteiger partial charge in [-0.15, -0.1) is 0 Å². The van der Waals surface area contributed by atoms with Gasteiger partial charge in [-0.3, -0.25) is 4.79 Å². The average Bonchev–Trinajstić information content (AvgIpc) is 2.39. The molecule has 2 aromatic carbocycles. The van der Waals surface area contributed by atoms with Crippen LogP contribution in [-0.2, 0) is 0 Å². The lowest BCUT2D eigenvalue weighted by Crippen LogP contribution is -2.00. The molecule has 90 valence electrons. The molecule has 4 heteroatoms. The largest absolute Gasteiger partial charge is 0.478 e. The fraction of sp³-hybridized carbons (Fsp3) is 0. The van der Waals surface area contributed by atoms with Gasteiger partial charge in [-0.1, -0.05) is 30.3 Å². The molecule has 0 aliphatic heterocycles. The van der Waals surface area contributed by atoms with Gasteiger partial charge in [0.25, 0.3) is 0 Å². The molecule has 2 rings (SSSR count). The maximum absolute atomic E-state index is 13.0. The summed E-state index contributed by atoms with van der Waals surface area (Å²) < 4.78 is 13.0. The van der Waals surface area contributed by atoms with Crippen molar-refractivity contribution in [3.63, 3.8) is 0 Å². The molecule has 0 aromatic heterocycles. The van der Waals surface area contributed by atoms with Crippen LogP contribution in [0.2, 0.25) is 0 Å². The highest BCUT2D eigenvalue weighted by molar-refractivity contribution is 5.96. The van der Waals surface area contributed by atoms with Crippen LogP contribution in [0.4, 0.5) is 4.39 Å². The van der Waals surface area contributed by atoms with Crippen molar-refractivity contribution in [3.8, 4) is 11.1 Å². The van der Waals surface area contributed by atoms with Crippen LogP contribution in [0.3, 0.4) is 0 Å². The molecule has 0 saturated carbocycles. The van der Waals surface area contributed by atoms with Gasteiger partial charge in [0, 0.05) is 5.56 Å². The third kappa shape index (κ3) is 2.27. The summed E-state index contributed by atoms with van der Waals surface area (Å²) in [5.74, 6) is -1.79. The Morgan fingerprint density at radius 3 is 2.33 bits per heavy atom. The number of halogens is 1. The first-order valence-corrected chi connectivity index (χ1v) is 5.20. The predicted octanol–water partition coefficient (Wildman–Crippen LogP) is 3.00. The first kappa shape index (κ1) is 12.0. The monoisotopic (exact) mass is 244 g/mol. The van der Waals surface area contributed by atoms with Crippen LogP contribution in [0.5, 0.6) is 0 Å². The highest BCUT2D eigenvalue weighted by Gasteiger charge is 2.12. The number of carbonyl (C=O) groups is 2. The number of rotatable bonds is 3. The van der Waals surface area contributed by atoms with Crippen LogP contribution in [0.25, 0.3) is 11.1 Å². The van der Waals surface area contributed by atoms with E-state index in [9.17, 15) is 14.0 Å². The Balaban J connectivity index is 2.55. The van der Waals surface area contributed by atoms with E-state index < -0.39 is 11.8 Å². The Bertz CT molecular complexity index is 603. The molecule has 0 unspecified atom stereocenters. The van der Waals surface area contributed by atoms with Gasteiger partial charge >= 0.3 is 5.97 Å². The summed E-state index contributed by atoms with van der Waals surface area (Å²) in [6.45, 7) is 0. The average molecular weight is 244 g/mol. The van der Waals surface area contributed by atoms with E-state index in [-0.39, 0.29) is 5.56 Å². The van der Waals surface area contributed by atoms with Gasteiger partial charge in [0.2, 0.25) is 0 Å². The number of aromatic carboxylic acids is 1. The van der Waals surface area contributed by atoms with Gasteiger partial charge in [-0.05, 0) is 23.3 Å². The minimum Gasteiger partial charge on any atom is -0.478 e. The second-order valence-corrected chi connectivity index (χ2v) is 3.73. The Morgan fingerprint density at radius 2 is 1.78 bits per heavy atom. The van der Waals surface area contributed by atoms with Crippen molar-refractivity contribution in [2.24, 2.45) is 0 Å². The number of carboxylic acid groups (broad SMARTS) is 1. The predicted molar refractivity (Wildman–Crippen MR) is 64.2 cm³/mol. The van der Waals surface area contributed by atoms with E-state index in [2.05, 4.69) is 0 Å². The zero-order valence-electron chi connectivity index (χ0n) is 9.26. The molecule has 0 radical (unpaired) electrons. The number of carbonyl (C=O) groups excluding carboxylic acids is 1. The Kier molecular flexibility index (Phi) is 3.19. The second-order valence-electron chi connectivity index (χ2n) is 3.73. The van der Waals surface area contributed by atoms with Crippen molar-refractivity contribution >= 4 is 12.3 Å². The molecule has 18 heavy (non-hydrogen) atoms. The maximum atomic E-state index is 13.0. The van der Waals surface area contributed by atoms with E-state index in [0.717, 1.165) is 6.07 Å². The zero-order chi connectivity index (χ0) is 13.1. The van der Waals surface area contributed by atoms with Crippen molar-refractivity contribution in [1.82, 2.24) is 0 Å². The molecule has 0 amide bonds. The molecular formula is C14H9FO3. The summed E-state index contributed by atoms with van der Waals surface area (Å²) in [4.78, 5) is 21.6. The molecule has 0 aliphatic rings. The Morgan fingerprint density at radius 1 is 1.11 bits per heavy atom. The summed E-state index contributed by atoms with van der Waals surface area (Å²) in [6.07, 6.45) is 0.701. The fourth-order valence-electron chi connectivity index (χ4n) is 1.69. The highest BCUT2D eigenvalue weighted by Crippen LogP contribution is 2.24. The summed E-state index contributed by atoms with van der Waals surface area (Å²) >= 11 is 0.